The van der Waals surface area contributed by atoms with Crippen molar-refractivity contribution in [1.82, 2.24) is 5.32 Å². The summed E-state index contributed by atoms with van der Waals surface area (Å²) < 4.78 is 10.7. The van der Waals surface area contributed by atoms with Crippen LogP contribution >= 0.6 is 0 Å². The first kappa shape index (κ1) is 16.0. The Kier molecular flexibility index (Phi) is 6.84. The fourth-order valence-corrected chi connectivity index (χ4v) is 1.72. The highest BCUT2D eigenvalue weighted by molar-refractivity contribution is 5.28. The van der Waals surface area contributed by atoms with Gasteiger partial charge in [-0.2, -0.15) is 0 Å². The van der Waals surface area contributed by atoms with Gasteiger partial charge in [0.25, 0.3) is 0 Å². The number of hydrogen-bond acceptors (Lipinski definition) is 4. The highest BCUT2D eigenvalue weighted by atomic mass is 16.5. The van der Waals surface area contributed by atoms with Crippen LogP contribution < -0.4 is 10.1 Å². The van der Waals surface area contributed by atoms with Crippen LogP contribution in [-0.4, -0.2) is 37.5 Å². The van der Waals surface area contributed by atoms with E-state index in [2.05, 4.69) is 12.2 Å². The average Bonchev–Trinajstić information content (AvgIpc) is 2.38. The molecule has 0 fully saturated rings. The van der Waals surface area contributed by atoms with Crippen LogP contribution in [0.25, 0.3) is 0 Å². The SMILES string of the molecule is CCCNCC(C)(O)COc1cccc(COC)c1. The smallest absolute Gasteiger partial charge is 0.119 e. The molecule has 2 N–H and O–H groups in total. The van der Waals surface area contributed by atoms with Crippen LogP contribution in [0.4, 0.5) is 0 Å². The van der Waals surface area contributed by atoms with E-state index in [-0.39, 0.29) is 6.61 Å². The van der Waals surface area contributed by atoms with E-state index in [9.17, 15) is 5.11 Å². The van der Waals surface area contributed by atoms with E-state index < -0.39 is 5.60 Å². The van der Waals surface area contributed by atoms with E-state index in [1.54, 1.807) is 14.0 Å². The molecule has 0 aliphatic heterocycles. The summed E-state index contributed by atoms with van der Waals surface area (Å²) in [4.78, 5) is 0. The molecule has 108 valence electrons. The maximum atomic E-state index is 10.2. The molecule has 0 saturated heterocycles. The monoisotopic (exact) mass is 267 g/mol. The Morgan fingerprint density at radius 1 is 1.37 bits per heavy atom. The Bertz CT molecular complexity index is 366. The van der Waals surface area contributed by atoms with Crippen molar-refractivity contribution in [2.45, 2.75) is 32.5 Å². The Hall–Kier alpha value is -1.10. The van der Waals surface area contributed by atoms with Crippen molar-refractivity contribution < 1.29 is 14.6 Å². The second-order valence-corrected chi connectivity index (χ2v) is 5.04. The van der Waals surface area contributed by atoms with Crippen molar-refractivity contribution >= 4 is 0 Å². The summed E-state index contributed by atoms with van der Waals surface area (Å²) in [5.74, 6) is 0.755. The summed E-state index contributed by atoms with van der Waals surface area (Å²) in [5, 5.41) is 13.4. The molecule has 0 aliphatic carbocycles. The van der Waals surface area contributed by atoms with Gasteiger partial charge in [-0.3, -0.25) is 0 Å². The second-order valence-electron chi connectivity index (χ2n) is 5.04. The molecule has 0 aliphatic rings. The van der Waals surface area contributed by atoms with Gasteiger partial charge in [-0.25, -0.2) is 0 Å². The van der Waals surface area contributed by atoms with Crippen LogP contribution in [0.2, 0.25) is 0 Å². The van der Waals surface area contributed by atoms with Crippen molar-refractivity contribution in [3.63, 3.8) is 0 Å². The van der Waals surface area contributed by atoms with Crippen molar-refractivity contribution in [3.05, 3.63) is 29.8 Å². The number of ether oxygens (including phenoxy) is 2. The topological polar surface area (TPSA) is 50.7 Å². The zero-order valence-corrected chi connectivity index (χ0v) is 12.1. The number of benzene rings is 1. The number of rotatable bonds is 9. The Morgan fingerprint density at radius 3 is 2.84 bits per heavy atom. The lowest BCUT2D eigenvalue weighted by Gasteiger charge is -2.24. The van der Waals surface area contributed by atoms with Crippen LogP contribution in [0.1, 0.15) is 25.8 Å². The zero-order chi connectivity index (χ0) is 14.1. The molecule has 1 atom stereocenters. The molecule has 0 bridgehead atoms. The summed E-state index contributed by atoms with van der Waals surface area (Å²) in [5.41, 5.74) is 0.190. The number of methoxy groups -OCH3 is 1. The molecule has 0 aromatic heterocycles. The van der Waals surface area contributed by atoms with Crippen molar-refractivity contribution in [1.29, 1.82) is 0 Å². The summed E-state index contributed by atoms with van der Waals surface area (Å²) in [7, 11) is 1.66. The highest BCUT2D eigenvalue weighted by Gasteiger charge is 2.20. The minimum absolute atomic E-state index is 0.264. The van der Waals surface area contributed by atoms with E-state index in [1.165, 1.54) is 0 Å². The quantitative estimate of drug-likeness (QED) is 0.672. The largest absolute Gasteiger partial charge is 0.491 e. The molecule has 0 heterocycles. The van der Waals surface area contributed by atoms with Crippen molar-refractivity contribution in [2.24, 2.45) is 0 Å². The molecule has 0 amide bonds. The van der Waals surface area contributed by atoms with Crippen LogP contribution in [0.15, 0.2) is 24.3 Å². The minimum Gasteiger partial charge on any atom is -0.491 e. The molecule has 4 heteroatoms. The second kappa shape index (κ2) is 8.15. The Morgan fingerprint density at radius 2 is 2.16 bits per heavy atom. The maximum absolute atomic E-state index is 10.2. The molecule has 4 nitrogen and oxygen atoms in total. The lowest BCUT2D eigenvalue weighted by atomic mass is 10.1. The summed E-state index contributed by atoms with van der Waals surface area (Å²) in [6, 6.07) is 7.72. The molecule has 0 spiro atoms. The van der Waals surface area contributed by atoms with Gasteiger partial charge >= 0.3 is 0 Å². The fourth-order valence-electron chi connectivity index (χ4n) is 1.72. The average molecular weight is 267 g/mol. The molecule has 19 heavy (non-hydrogen) atoms. The summed E-state index contributed by atoms with van der Waals surface area (Å²) >= 11 is 0. The lowest BCUT2D eigenvalue weighted by molar-refractivity contribution is 0.0124. The van der Waals surface area contributed by atoms with Gasteiger partial charge in [0, 0.05) is 13.7 Å². The third-order valence-electron chi connectivity index (χ3n) is 2.69. The molecule has 1 rings (SSSR count). The predicted molar refractivity (Wildman–Crippen MR) is 76.4 cm³/mol. The zero-order valence-electron chi connectivity index (χ0n) is 12.1. The highest BCUT2D eigenvalue weighted by Crippen LogP contribution is 2.15. The number of hydrogen-bond donors (Lipinski definition) is 2. The predicted octanol–water partition coefficient (Wildman–Crippen LogP) is 1.96. The van der Waals surface area contributed by atoms with E-state index >= 15 is 0 Å². The number of nitrogens with one attached hydrogen (secondary N) is 1. The molecule has 1 aromatic carbocycles. The van der Waals surface area contributed by atoms with Crippen LogP contribution in [0.5, 0.6) is 5.75 Å². The third-order valence-corrected chi connectivity index (χ3v) is 2.69. The Labute approximate surface area is 115 Å². The molecule has 0 radical (unpaired) electrons. The molecule has 1 unspecified atom stereocenters. The van der Waals surface area contributed by atoms with Gasteiger partial charge in [-0.05, 0) is 37.6 Å². The molecule has 0 saturated carbocycles. The maximum Gasteiger partial charge on any atom is 0.119 e. The van der Waals surface area contributed by atoms with Gasteiger partial charge in [0.05, 0.1) is 6.61 Å². The Balaban J connectivity index is 2.44. The van der Waals surface area contributed by atoms with Crippen LogP contribution in [0, 0.1) is 0 Å². The summed E-state index contributed by atoms with van der Waals surface area (Å²) in [6.07, 6.45) is 1.05. The fraction of sp³-hybridized carbons (Fsp3) is 0.600. The normalized spacial score (nSPS) is 14.1. The number of aliphatic hydroxyl groups is 1. The first-order chi connectivity index (χ1) is 9.07. The van der Waals surface area contributed by atoms with Crippen molar-refractivity contribution in [2.75, 3.05) is 26.8 Å². The molecule has 1 aromatic rings. The standard InChI is InChI=1S/C15H25NO3/c1-4-8-16-11-15(2,17)12-19-14-7-5-6-13(9-14)10-18-3/h5-7,9,16-17H,4,8,10-12H2,1-3H3. The van der Waals surface area contributed by atoms with E-state index in [1.807, 2.05) is 24.3 Å². The van der Waals surface area contributed by atoms with Gasteiger partial charge in [0.1, 0.15) is 18.0 Å². The van der Waals surface area contributed by atoms with Gasteiger partial charge in [0.15, 0.2) is 0 Å². The van der Waals surface area contributed by atoms with Gasteiger partial charge in [-0.15, -0.1) is 0 Å². The minimum atomic E-state index is -0.869. The third kappa shape index (κ3) is 6.57. The lowest BCUT2D eigenvalue weighted by Crippen LogP contribution is -2.43. The van der Waals surface area contributed by atoms with E-state index in [4.69, 9.17) is 9.47 Å². The summed E-state index contributed by atoms with van der Waals surface area (Å²) in [6.45, 7) is 6.12. The van der Waals surface area contributed by atoms with Gasteiger partial charge < -0.3 is 19.9 Å². The van der Waals surface area contributed by atoms with Gasteiger partial charge in [0.2, 0.25) is 0 Å². The van der Waals surface area contributed by atoms with Crippen molar-refractivity contribution in [3.8, 4) is 5.75 Å². The first-order valence-electron chi connectivity index (χ1n) is 6.71. The molecular formula is C15H25NO3. The van der Waals surface area contributed by atoms with Crippen LogP contribution in [0.3, 0.4) is 0 Å². The molecular weight excluding hydrogens is 242 g/mol. The van der Waals surface area contributed by atoms with Crippen LogP contribution in [-0.2, 0) is 11.3 Å². The first-order valence-corrected chi connectivity index (χ1v) is 6.71. The van der Waals surface area contributed by atoms with E-state index in [0.717, 1.165) is 24.3 Å². The van der Waals surface area contributed by atoms with Gasteiger partial charge in [-0.1, -0.05) is 19.1 Å². The van der Waals surface area contributed by atoms with E-state index in [0.29, 0.717) is 13.2 Å².